The molecule has 4 nitrogen and oxygen atoms in total. The fourth-order valence-electron chi connectivity index (χ4n) is 3.36. The predicted molar refractivity (Wildman–Crippen MR) is 89.2 cm³/mol. The van der Waals surface area contributed by atoms with Crippen molar-refractivity contribution in [3.8, 4) is 0 Å². The number of hydrogen-bond acceptors (Lipinski definition) is 3. The number of carbonyl (C=O) groups is 1. The highest BCUT2D eigenvalue weighted by Crippen LogP contribution is 2.20. The lowest BCUT2D eigenvalue weighted by Crippen LogP contribution is -2.47. The Morgan fingerprint density at radius 3 is 2.36 bits per heavy atom. The molecule has 1 aromatic carbocycles. The smallest absolute Gasteiger partial charge is 0.260 e. The molecule has 0 aliphatic carbocycles. The maximum absolute atomic E-state index is 12.9. The van der Waals surface area contributed by atoms with Crippen LogP contribution in [0.5, 0.6) is 0 Å². The molecule has 2 aliphatic rings. The SMILES string of the molecule is Cc1cc(C)cc(C(=O)N2CCN=C2N2CCC(C)CC2)c1. The van der Waals surface area contributed by atoms with Crippen LogP contribution in [0, 0.1) is 19.8 Å². The van der Waals surface area contributed by atoms with Crippen molar-refractivity contribution in [1.82, 2.24) is 9.80 Å². The van der Waals surface area contributed by atoms with Gasteiger partial charge in [-0.2, -0.15) is 0 Å². The highest BCUT2D eigenvalue weighted by Gasteiger charge is 2.30. The van der Waals surface area contributed by atoms with Gasteiger partial charge >= 0.3 is 0 Å². The van der Waals surface area contributed by atoms with Gasteiger partial charge in [0.05, 0.1) is 6.54 Å². The zero-order valence-electron chi connectivity index (χ0n) is 13.8. The summed E-state index contributed by atoms with van der Waals surface area (Å²) in [7, 11) is 0. The van der Waals surface area contributed by atoms with Crippen LogP contribution in [0.4, 0.5) is 0 Å². The zero-order valence-corrected chi connectivity index (χ0v) is 13.8. The molecule has 3 rings (SSSR count). The van der Waals surface area contributed by atoms with Gasteiger partial charge in [0.2, 0.25) is 5.96 Å². The van der Waals surface area contributed by atoms with Crippen molar-refractivity contribution in [2.75, 3.05) is 26.2 Å². The molecule has 0 atom stereocenters. The first-order chi connectivity index (χ1) is 10.5. The number of rotatable bonds is 1. The van der Waals surface area contributed by atoms with Gasteiger partial charge in [-0.1, -0.05) is 24.1 Å². The lowest BCUT2D eigenvalue weighted by atomic mass is 9.99. The van der Waals surface area contributed by atoms with Gasteiger partial charge in [0.25, 0.3) is 5.91 Å². The van der Waals surface area contributed by atoms with E-state index in [1.165, 1.54) is 12.8 Å². The van der Waals surface area contributed by atoms with E-state index in [0.717, 1.165) is 48.2 Å². The average molecular weight is 299 g/mol. The molecular weight excluding hydrogens is 274 g/mol. The van der Waals surface area contributed by atoms with E-state index in [1.54, 1.807) is 0 Å². The molecule has 0 aromatic heterocycles. The third-order valence-electron chi connectivity index (χ3n) is 4.60. The predicted octanol–water partition coefficient (Wildman–Crippen LogP) is 2.85. The number of likely N-dealkylation sites (tertiary alicyclic amines) is 1. The first-order valence-corrected chi connectivity index (χ1v) is 8.24. The van der Waals surface area contributed by atoms with Crippen molar-refractivity contribution in [2.45, 2.75) is 33.6 Å². The van der Waals surface area contributed by atoms with E-state index in [4.69, 9.17) is 0 Å². The molecule has 2 heterocycles. The van der Waals surface area contributed by atoms with Crippen LogP contribution in [0.1, 0.15) is 41.3 Å². The summed E-state index contributed by atoms with van der Waals surface area (Å²) in [6.45, 7) is 9.81. The fraction of sp³-hybridized carbons (Fsp3) is 0.556. The molecule has 0 spiro atoms. The molecule has 1 saturated heterocycles. The molecule has 4 heteroatoms. The zero-order chi connectivity index (χ0) is 15.7. The molecule has 1 amide bonds. The van der Waals surface area contributed by atoms with Crippen LogP contribution in [-0.2, 0) is 0 Å². The summed E-state index contributed by atoms with van der Waals surface area (Å²) in [5.74, 6) is 1.75. The van der Waals surface area contributed by atoms with Gasteiger partial charge in [-0.15, -0.1) is 0 Å². The second kappa shape index (κ2) is 6.11. The standard InChI is InChI=1S/C18H25N3O/c1-13-4-7-20(8-5-13)18-19-6-9-21(18)17(22)16-11-14(2)10-15(3)12-16/h10-13H,4-9H2,1-3H3. The average Bonchev–Trinajstić information content (AvgIpc) is 2.95. The van der Waals surface area contributed by atoms with E-state index in [0.29, 0.717) is 6.54 Å². The highest BCUT2D eigenvalue weighted by molar-refractivity contribution is 6.06. The van der Waals surface area contributed by atoms with E-state index >= 15 is 0 Å². The summed E-state index contributed by atoms with van der Waals surface area (Å²) in [4.78, 5) is 21.6. The minimum absolute atomic E-state index is 0.0849. The Bertz CT molecular complexity index is 580. The number of guanidine groups is 1. The number of piperidine rings is 1. The third kappa shape index (κ3) is 3.01. The first kappa shape index (κ1) is 15.1. The van der Waals surface area contributed by atoms with Crippen LogP contribution in [0.15, 0.2) is 23.2 Å². The molecule has 0 bridgehead atoms. The molecule has 118 valence electrons. The number of aryl methyl sites for hydroxylation is 2. The number of benzene rings is 1. The Morgan fingerprint density at radius 2 is 1.73 bits per heavy atom. The van der Waals surface area contributed by atoms with Crippen LogP contribution in [0.25, 0.3) is 0 Å². The van der Waals surface area contributed by atoms with E-state index < -0.39 is 0 Å². The van der Waals surface area contributed by atoms with Gasteiger partial charge in [0.1, 0.15) is 0 Å². The maximum Gasteiger partial charge on any atom is 0.260 e. The number of nitrogens with zero attached hydrogens (tertiary/aromatic N) is 3. The van der Waals surface area contributed by atoms with Crippen LogP contribution in [0.3, 0.4) is 0 Å². The van der Waals surface area contributed by atoms with Crippen molar-refractivity contribution < 1.29 is 4.79 Å². The molecule has 2 aliphatic heterocycles. The van der Waals surface area contributed by atoms with Crippen molar-refractivity contribution in [3.05, 3.63) is 34.9 Å². The van der Waals surface area contributed by atoms with Crippen LogP contribution in [-0.4, -0.2) is 47.8 Å². The van der Waals surface area contributed by atoms with Crippen molar-refractivity contribution >= 4 is 11.9 Å². The Balaban J connectivity index is 1.78. The maximum atomic E-state index is 12.9. The summed E-state index contributed by atoms with van der Waals surface area (Å²) in [6, 6.07) is 6.05. The van der Waals surface area contributed by atoms with Gasteiger partial charge in [0.15, 0.2) is 0 Å². The molecule has 0 N–H and O–H groups in total. The second-order valence-corrected chi connectivity index (χ2v) is 6.68. The minimum atomic E-state index is 0.0849. The Morgan fingerprint density at radius 1 is 1.09 bits per heavy atom. The molecule has 0 radical (unpaired) electrons. The minimum Gasteiger partial charge on any atom is -0.342 e. The molecule has 1 aromatic rings. The number of carbonyl (C=O) groups excluding carboxylic acids is 1. The van der Waals surface area contributed by atoms with Gasteiger partial charge < -0.3 is 4.90 Å². The summed E-state index contributed by atoms with van der Waals surface area (Å²) in [6.07, 6.45) is 2.37. The van der Waals surface area contributed by atoms with Gasteiger partial charge in [-0.05, 0) is 44.7 Å². The molecule has 22 heavy (non-hydrogen) atoms. The van der Waals surface area contributed by atoms with Crippen molar-refractivity contribution in [2.24, 2.45) is 10.9 Å². The van der Waals surface area contributed by atoms with Crippen molar-refractivity contribution in [1.29, 1.82) is 0 Å². The van der Waals surface area contributed by atoms with Crippen LogP contribution >= 0.6 is 0 Å². The summed E-state index contributed by atoms with van der Waals surface area (Å²) in [5, 5.41) is 0. The fourth-order valence-corrected chi connectivity index (χ4v) is 3.36. The normalized spacial score (nSPS) is 19.5. The Hall–Kier alpha value is -1.84. The van der Waals surface area contributed by atoms with E-state index in [1.807, 2.05) is 30.9 Å². The number of aliphatic imine (C=N–C) groups is 1. The lowest BCUT2D eigenvalue weighted by Gasteiger charge is -2.34. The van der Waals surface area contributed by atoms with Crippen molar-refractivity contribution in [3.63, 3.8) is 0 Å². The van der Waals surface area contributed by atoms with Gasteiger partial charge in [-0.3, -0.25) is 14.7 Å². The van der Waals surface area contributed by atoms with E-state index in [9.17, 15) is 4.79 Å². The first-order valence-electron chi connectivity index (χ1n) is 8.24. The van der Waals surface area contributed by atoms with Gasteiger partial charge in [0, 0.05) is 25.2 Å². The molecule has 0 unspecified atom stereocenters. The van der Waals surface area contributed by atoms with Crippen LogP contribution in [0.2, 0.25) is 0 Å². The van der Waals surface area contributed by atoms with Crippen LogP contribution < -0.4 is 0 Å². The molecule has 1 fully saturated rings. The van der Waals surface area contributed by atoms with Gasteiger partial charge in [-0.25, -0.2) is 0 Å². The number of hydrogen-bond donors (Lipinski definition) is 0. The summed E-state index contributed by atoms with van der Waals surface area (Å²) >= 11 is 0. The summed E-state index contributed by atoms with van der Waals surface area (Å²) < 4.78 is 0. The Kier molecular flexibility index (Phi) is 4.19. The van der Waals surface area contributed by atoms with E-state index in [-0.39, 0.29) is 5.91 Å². The monoisotopic (exact) mass is 299 g/mol. The number of amides is 1. The topological polar surface area (TPSA) is 35.9 Å². The molecular formula is C18H25N3O. The lowest BCUT2D eigenvalue weighted by molar-refractivity contribution is 0.0839. The largest absolute Gasteiger partial charge is 0.342 e. The molecule has 0 saturated carbocycles. The second-order valence-electron chi connectivity index (χ2n) is 6.68. The quantitative estimate of drug-likeness (QED) is 0.799. The Labute approximate surface area is 132 Å². The third-order valence-corrected chi connectivity index (χ3v) is 4.60. The highest BCUT2D eigenvalue weighted by atomic mass is 16.2. The summed E-state index contributed by atoms with van der Waals surface area (Å²) in [5.41, 5.74) is 3.04. The van der Waals surface area contributed by atoms with E-state index in [2.05, 4.69) is 22.9 Å².